The molecule has 0 bridgehead atoms. The van der Waals surface area contributed by atoms with Gasteiger partial charge in [0.1, 0.15) is 6.61 Å². The zero-order chi connectivity index (χ0) is 14.0. The average molecular weight is 266 g/mol. The van der Waals surface area contributed by atoms with E-state index in [-0.39, 0.29) is 36.4 Å². The number of aliphatic hydroxyl groups is 2. The lowest BCUT2D eigenvalue weighted by molar-refractivity contribution is -0.137. The van der Waals surface area contributed by atoms with Gasteiger partial charge in [0.15, 0.2) is 0 Å². The van der Waals surface area contributed by atoms with Gasteiger partial charge in [-0.25, -0.2) is 4.79 Å². The molecule has 3 rings (SSSR count). The monoisotopic (exact) mass is 266 g/mol. The SMILES string of the molecule is CC1(C)CC2C(O)C3=C(C(=O)OC3)C(C)(CO)C2C1. The molecule has 106 valence electrons. The van der Waals surface area contributed by atoms with Gasteiger partial charge < -0.3 is 14.9 Å². The number of rotatable bonds is 1. The van der Waals surface area contributed by atoms with Crippen molar-refractivity contribution in [1.82, 2.24) is 0 Å². The zero-order valence-electron chi connectivity index (χ0n) is 11.8. The second-order valence-electron chi connectivity index (χ2n) is 7.34. The van der Waals surface area contributed by atoms with E-state index in [1.807, 2.05) is 6.92 Å². The second-order valence-corrected chi connectivity index (χ2v) is 7.34. The van der Waals surface area contributed by atoms with Gasteiger partial charge in [-0.05, 0) is 30.1 Å². The molecule has 3 aliphatic rings. The first-order valence-corrected chi connectivity index (χ1v) is 7.00. The van der Waals surface area contributed by atoms with Gasteiger partial charge in [0.25, 0.3) is 0 Å². The molecule has 4 heteroatoms. The molecule has 4 nitrogen and oxygen atoms in total. The Balaban J connectivity index is 2.11. The van der Waals surface area contributed by atoms with Gasteiger partial charge in [-0.3, -0.25) is 0 Å². The number of cyclic esters (lactones) is 1. The Morgan fingerprint density at radius 1 is 1.32 bits per heavy atom. The van der Waals surface area contributed by atoms with Gasteiger partial charge >= 0.3 is 5.97 Å². The van der Waals surface area contributed by atoms with E-state index in [0.717, 1.165) is 12.8 Å². The van der Waals surface area contributed by atoms with Crippen LogP contribution in [0, 0.1) is 22.7 Å². The van der Waals surface area contributed by atoms with Crippen LogP contribution in [0.1, 0.15) is 33.6 Å². The Kier molecular flexibility index (Phi) is 2.64. The predicted molar refractivity (Wildman–Crippen MR) is 69.2 cm³/mol. The lowest BCUT2D eigenvalue weighted by Crippen LogP contribution is -2.46. The first-order chi connectivity index (χ1) is 8.80. The number of esters is 1. The molecule has 4 unspecified atom stereocenters. The molecule has 1 aliphatic heterocycles. The number of carbonyl (C=O) groups excluding carboxylic acids is 1. The topological polar surface area (TPSA) is 66.8 Å². The predicted octanol–water partition coefficient (Wildman–Crippen LogP) is 1.27. The van der Waals surface area contributed by atoms with E-state index in [4.69, 9.17) is 4.74 Å². The van der Waals surface area contributed by atoms with Gasteiger partial charge in [-0.1, -0.05) is 20.8 Å². The number of fused-ring (bicyclic) bond motifs is 1. The van der Waals surface area contributed by atoms with Crippen molar-refractivity contribution in [2.75, 3.05) is 13.2 Å². The summed E-state index contributed by atoms with van der Waals surface area (Å²) in [5.74, 6) is -0.0824. The molecule has 1 fully saturated rings. The molecule has 2 N–H and O–H groups in total. The lowest BCUT2D eigenvalue weighted by atomic mass is 9.60. The standard InChI is InChI=1S/C15H22O4/c1-14(2)4-8-10(5-14)15(3,7-16)11-9(12(8)17)6-19-13(11)18/h8,10,12,16-17H,4-7H2,1-3H3. The van der Waals surface area contributed by atoms with Crippen molar-refractivity contribution in [2.45, 2.75) is 39.7 Å². The molecule has 1 heterocycles. The highest BCUT2D eigenvalue weighted by Gasteiger charge is 2.59. The molecule has 0 amide bonds. The largest absolute Gasteiger partial charge is 0.458 e. The third-order valence-corrected chi connectivity index (χ3v) is 5.44. The Labute approximate surface area is 113 Å². The minimum Gasteiger partial charge on any atom is -0.458 e. The lowest BCUT2D eigenvalue weighted by Gasteiger charge is -2.44. The van der Waals surface area contributed by atoms with Crippen LogP contribution < -0.4 is 0 Å². The highest BCUT2D eigenvalue weighted by molar-refractivity contribution is 5.94. The van der Waals surface area contributed by atoms with Crippen molar-refractivity contribution in [1.29, 1.82) is 0 Å². The fourth-order valence-electron chi connectivity index (χ4n) is 4.53. The highest BCUT2D eigenvalue weighted by Crippen LogP contribution is 2.60. The van der Waals surface area contributed by atoms with Crippen molar-refractivity contribution >= 4 is 5.97 Å². The summed E-state index contributed by atoms with van der Waals surface area (Å²) in [5, 5.41) is 20.5. The normalized spacial score (nSPS) is 44.1. The maximum absolute atomic E-state index is 12.0. The number of aliphatic hydroxyl groups excluding tert-OH is 2. The van der Waals surface area contributed by atoms with Gasteiger partial charge in [-0.2, -0.15) is 0 Å². The molecule has 0 aromatic heterocycles. The molecule has 2 aliphatic carbocycles. The summed E-state index contributed by atoms with van der Waals surface area (Å²) in [7, 11) is 0. The number of hydrogen-bond acceptors (Lipinski definition) is 4. The number of carbonyl (C=O) groups is 1. The third-order valence-electron chi connectivity index (χ3n) is 5.44. The summed E-state index contributed by atoms with van der Waals surface area (Å²) in [6.45, 7) is 6.46. The van der Waals surface area contributed by atoms with E-state index in [1.165, 1.54) is 0 Å². The molecular weight excluding hydrogens is 244 g/mol. The molecule has 4 atom stereocenters. The maximum Gasteiger partial charge on any atom is 0.335 e. The van der Waals surface area contributed by atoms with Crippen LogP contribution >= 0.6 is 0 Å². The summed E-state index contributed by atoms with van der Waals surface area (Å²) in [6, 6.07) is 0. The molecule has 0 aromatic rings. The Morgan fingerprint density at radius 2 is 2.00 bits per heavy atom. The molecule has 0 aromatic carbocycles. The second kappa shape index (κ2) is 3.83. The van der Waals surface area contributed by atoms with E-state index >= 15 is 0 Å². The summed E-state index contributed by atoms with van der Waals surface area (Å²) < 4.78 is 5.10. The van der Waals surface area contributed by atoms with Crippen molar-refractivity contribution < 1.29 is 19.7 Å². The summed E-state index contributed by atoms with van der Waals surface area (Å²) in [4.78, 5) is 12.0. The van der Waals surface area contributed by atoms with Crippen LogP contribution in [0.4, 0.5) is 0 Å². The van der Waals surface area contributed by atoms with E-state index in [1.54, 1.807) is 0 Å². The Morgan fingerprint density at radius 3 is 2.63 bits per heavy atom. The maximum atomic E-state index is 12.0. The fourth-order valence-corrected chi connectivity index (χ4v) is 4.53. The molecule has 0 saturated heterocycles. The fraction of sp³-hybridized carbons (Fsp3) is 0.800. The van der Waals surface area contributed by atoms with Crippen molar-refractivity contribution in [3.63, 3.8) is 0 Å². The van der Waals surface area contributed by atoms with Gasteiger partial charge in [0, 0.05) is 11.0 Å². The van der Waals surface area contributed by atoms with Crippen LogP contribution in [0.15, 0.2) is 11.1 Å². The highest BCUT2D eigenvalue weighted by atomic mass is 16.5. The van der Waals surface area contributed by atoms with E-state index < -0.39 is 11.5 Å². The van der Waals surface area contributed by atoms with Crippen LogP contribution in [-0.4, -0.2) is 35.5 Å². The Bertz CT molecular complexity index is 465. The van der Waals surface area contributed by atoms with E-state index in [9.17, 15) is 15.0 Å². The van der Waals surface area contributed by atoms with E-state index in [2.05, 4.69) is 13.8 Å². The van der Waals surface area contributed by atoms with Crippen LogP contribution in [0.5, 0.6) is 0 Å². The summed E-state index contributed by atoms with van der Waals surface area (Å²) in [5.41, 5.74) is 0.832. The van der Waals surface area contributed by atoms with Gasteiger partial charge in [-0.15, -0.1) is 0 Å². The molecule has 0 radical (unpaired) electrons. The zero-order valence-corrected chi connectivity index (χ0v) is 11.8. The van der Waals surface area contributed by atoms with Crippen LogP contribution in [0.25, 0.3) is 0 Å². The van der Waals surface area contributed by atoms with Crippen molar-refractivity contribution in [3.8, 4) is 0 Å². The van der Waals surface area contributed by atoms with Crippen molar-refractivity contribution in [3.05, 3.63) is 11.1 Å². The van der Waals surface area contributed by atoms with Crippen LogP contribution in [0.3, 0.4) is 0 Å². The van der Waals surface area contributed by atoms with Gasteiger partial charge in [0.05, 0.1) is 18.3 Å². The van der Waals surface area contributed by atoms with Crippen LogP contribution in [0.2, 0.25) is 0 Å². The smallest absolute Gasteiger partial charge is 0.335 e. The minimum absolute atomic E-state index is 0.0646. The minimum atomic E-state index is -0.590. The molecule has 0 spiro atoms. The Hall–Kier alpha value is -0.870. The van der Waals surface area contributed by atoms with E-state index in [0.29, 0.717) is 11.1 Å². The summed E-state index contributed by atoms with van der Waals surface area (Å²) >= 11 is 0. The molecule has 19 heavy (non-hydrogen) atoms. The quantitative estimate of drug-likeness (QED) is 0.701. The summed E-state index contributed by atoms with van der Waals surface area (Å²) in [6.07, 6.45) is 1.27. The third kappa shape index (κ3) is 1.62. The average Bonchev–Trinajstić information content (AvgIpc) is 2.87. The van der Waals surface area contributed by atoms with Crippen LogP contribution in [-0.2, 0) is 9.53 Å². The number of hydrogen-bond donors (Lipinski definition) is 2. The van der Waals surface area contributed by atoms with Gasteiger partial charge in [0.2, 0.25) is 0 Å². The first-order valence-electron chi connectivity index (χ1n) is 7.00. The van der Waals surface area contributed by atoms with Crippen molar-refractivity contribution in [2.24, 2.45) is 22.7 Å². The number of ether oxygens (including phenoxy) is 1. The molecule has 1 saturated carbocycles. The first kappa shape index (κ1) is 13.1. The molecular formula is C15H22O4.